The Balaban J connectivity index is 1.36. The lowest BCUT2D eigenvalue weighted by atomic mass is 9.85. The van der Waals surface area contributed by atoms with Crippen LogP contribution in [-0.4, -0.2) is 46.7 Å². The average Bonchev–Trinajstić information content (AvgIpc) is 3.15. The van der Waals surface area contributed by atoms with Gasteiger partial charge in [0.2, 0.25) is 17.7 Å². The minimum Gasteiger partial charge on any atom is -0.335 e. The quantitative estimate of drug-likeness (QED) is 0.479. The zero-order valence-corrected chi connectivity index (χ0v) is 13.9. The molecule has 2 aliphatic heterocycles. The fraction of sp³-hybridized carbons (Fsp3) is 0.389. The Morgan fingerprint density at radius 3 is 2.38 bits per heavy atom. The number of carbonyl (C=O) groups is 3. The second kappa shape index (κ2) is 6.02. The highest BCUT2D eigenvalue weighted by Gasteiger charge is 2.52. The van der Waals surface area contributed by atoms with Crippen LogP contribution in [0.2, 0.25) is 0 Å². The summed E-state index contributed by atoms with van der Waals surface area (Å²) in [6.45, 7) is 0.885. The first-order valence-electron chi connectivity index (χ1n) is 8.17. The van der Waals surface area contributed by atoms with Crippen LogP contribution in [0.4, 0.5) is 0 Å². The van der Waals surface area contributed by atoms with Crippen molar-refractivity contribution < 1.29 is 14.4 Å². The number of amides is 3. The van der Waals surface area contributed by atoms with Crippen molar-refractivity contribution in [2.24, 2.45) is 11.8 Å². The number of nitrogens with zero attached hydrogens (tertiary/aromatic N) is 2. The molecule has 0 N–H and O–H groups in total. The van der Waals surface area contributed by atoms with Crippen molar-refractivity contribution >= 4 is 35.1 Å². The maximum absolute atomic E-state index is 12.5. The largest absolute Gasteiger partial charge is 0.335 e. The minimum absolute atomic E-state index is 0.0550. The third kappa shape index (κ3) is 2.51. The molecule has 0 bridgehead atoms. The fourth-order valence-electron chi connectivity index (χ4n) is 3.63. The molecule has 1 aromatic heterocycles. The third-order valence-corrected chi connectivity index (χ3v) is 5.85. The highest BCUT2D eigenvalue weighted by Crippen LogP contribution is 2.37. The van der Waals surface area contributed by atoms with Gasteiger partial charge in [0.25, 0.3) is 0 Å². The van der Waals surface area contributed by atoms with Gasteiger partial charge in [-0.15, -0.1) is 11.3 Å². The standard InChI is InChI=1S/C18H18N2O3S/c21-16(8-7-13-4-3-9-24-13)19-10-12(11-19)20-17(22)14-5-1-2-6-15(14)18(20)23/h1-4,7-9,12,14-15H,5-6,10-11H2/b8-7+/t14-,15+. The lowest BCUT2D eigenvalue weighted by molar-refractivity contribution is -0.151. The smallest absolute Gasteiger partial charge is 0.246 e. The van der Waals surface area contributed by atoms with Gasteiger partial charge in [0.15, 0.2) is 0 Å². The molecule has 1 aliphatic carbocycles. The number of allylic oxidation sites excluding steroid dienone is 2. The molecule has 3 aliphatic rings. The number of likely N-dealkylation sites (tertiary alicyclic amines) is 2. The van der Waals surface area contributed by atoms with Crippen LogP contribution in [0.3, 0.4) is 0 Å². The molecule has 0 unspecified atom stereocenters. The molecule has 2 saturated heterocycles. The van der Waals surface area contributed by atoms with E-state index in [1.54, 1.807) is 28.4 Å². The third-order valence-electron chi connectivity index (χ3n) is 5.01. The van der Waals surface area contributed by atoms with Crippen molar-refractivity contribution in [1.29, 1.82) is 0 Å². The number of hydrogen-bond donors (Lipinski definition) is 0. The molecule has 3 amide bonds. The molecule has 2 fully saturated rings. The van der Waals surface area contributed by atoms with Crippen molar-refractivity contribution in [3.05, 3.63) is 40.6 Å². The van der Waals surface area contributed by atoms with Gasteiger partial charge >= 0.3 is 0 Å². The summed E-state index contributed by atoms with van der Waals surface area (Å²) in [7, 11) is 0. The van der Waals surface area contributed by atoms with E-state index < -0.39 is 0 Å². The molecule has 0 saturated carbocycles. The van der Waals surface area contributed by atoms with Crippen molar-refractivity contribution in [2.75, 3.05) is 13.1 Å². The summed E-state index contributed by atoms with van der Waals surface area (Å²) in [5, 5.41) is 1.96. The average molecular weight is 342 g/mol. The first kappa shape index (κ1) is 15.3. The SMILES string of the molecule is O=C(/C=C/c1cccs1)N1CC(N2C(=O)[C@H]3CC=CC[C@H]3C2=O)C1. The Hall–Kier alpha value is -2.21. The zero-order valence-electron chi connectivity index (χ0n) is 13.1. The van der Waals surface area contributed by atoms with Crippen molar-refractivity contribution in [3.8, 4) is 0 Å². The molecular formula is C18H18N2O3S. The van der Waals surface area contributed by atoms with Gasteiger partial charge in [-0.25, -0.2) is 0 Å². The minimum atomic E-state index is -0.189. The maximum Gasteiger partial charge on any atom is 0.246 e. The molecule has 0 aromatic carbocycles. The normalized spacial score (nSPS) is 27.0. The van der Waals surface area contributed by atoms with E-state index >= 15 is 0 Å². The van der Waals surface area contributed by atoms with Crippen LogP contribution in [0.1, 0.15) is 17.7 Å². The van der Waals surface area contributed by atoms with Crippen molar-refractivity contribution in [1.82, 2.24) is 9.80 Å². The predicted molar refractivity (Wildman–Crippen MR) is 90.9 cm³/mol. The van der Waals surface area contributed by atoms with Gasteiger partial charge in [-0.3, -0.25) is 19.3 Å². The number of imide groups is 1. The summed E-state index contributed by atoms with van der Waals surface area (Å²) in [5.41, 5.74) is 0. The number of rotatable bonds is 3. The number of hydrogen-bond acceptors (Lipinski definition) is 4. The Labute approximate surface area is 144 Å². The van der Waals surface area contributed by atoms with Crippen LogP contribution in [0, 0.1) is 11.8 Å². The first-order chi connectivity index (χ1) is 11.6. The molecule has 5 nitrogen and oxygen atoms in total. The molecule has 124 valence electrons. The van der Waals surface area contributed by atoms with Crippen LogP contribution in [0.5, 0.6) is 0 Å². The Morgan fingerprint density at radius 2 is 1.79 bits per heavy atom. The molecule has 0 spiro atoms. The highest BCUT2D eigenvalue weighted by atomic mass is 32.1. The van der Waals surface area contributed by atoms with Gasteiger partial charge < -0.3 is 4.90 Å². The topological polar surface area (TPSA) is 57.7 Å². The molecule has 2 atom stereocenters. The molecule has 24 heavy (non-hydrogen) atoms. The van der Waals surface area contributed by atoms with Gasteiger partial charge in [0.05, 0.1) is 17.9 Å². The second-order valence-electron chi connectivity index (χ2n) is 6.45. The zero-order chi connectivity index (χ0) is 16.7. The van der Waals surface area contributed by atoms with E-state index in [9.17, 15) is 14.4 Å². The van der Waals surface area contributed by atoms with Crippen LogP contribution in [-0.2, 0) is 14.4 Å². The number of carbonyl (C=O) groups excluding carboxylic acids is 3. The van der Waals surface area contributed by atoms with Crippen molar-refractivity contribution in [3.63, 3.8) is 0 Å². The van der Waals surface area contributed by atoms with E-state index in [1.165, 1.54) is 4.90 Å². The summed E-state index contributed by atoms with van der Waals surface area (Å²) in [6, 6.07) is 3.73. The Bertz CT molecular complexity index is 705. The number of thiophene rings is 1. The molecule has 1 aromatic rings. The second-order valence-corrected chi connectivity index (χ2v) is 7.43. The summed E-state index contributed by atoms with van der Waals surface area (Å²) < 4.78 is 0. The van der Waals surface area contributed by atoms with E-state index in [0.717, 1.165) is 4.88 Å². The van der Waals surface area contributed by atoms with E-state index in [-0.39, 0.29) is 35.6 Å². The molecular weight excluding hydrogens is 324 g/mol. The summed E-state index contributed by atoms with van der Waals surface area (Å²) >= 11 is 1.57. The monoisotopic (exact) mass is 342 g/mol. The molecule has 3 heterocycles. The predicted octanol–water partition coefficient (Wildman–Crippen LogP) is 1.92. The molecule has 0 radical (unpaired) electrons. The van der Waals surface area contributed by atoms with Gasteiger partial charge in [0, 0.05) is 24.0 Å². The van der Waals surface area contributed by atoms with E-state index in [2.05, 4.69) is 0 Å². The van der Waals surface area contributed by atoms with E-state index in [0.29, 0.717) is 25.9 Å². The van der Waals surface area contributed by atoms with Crippen LogP contribution in [0.15, 0.2) is 35.7 Å². The fourth-order valence-corrected chi connectivity index (χ4v) is 4.25. The Kier molecular flexibility index (Phi) is 3.84. The van der Waals surface area contributed by atoms with Crippen LogP contribution >= 0.6 is 11.3 Å². The van der Waals surface area contributed by atoms with E-state index in [1.807, 2.05) is 29.7 Å². The lowest BCUT2D eigenvalue weighted by Gasteiger charge is -2.42. The number of fused-ring (bicyclic) bond motifs is 1. The van der Waals surface area contributed by atoms with E-state index in [4.69, 9.17) is 0 Å². The maximum atomic E-state index is 12.5. The lowest BCUT2D eigenvalue weighted by Crippen LogP contribution is -2.62. The van der Waals surface area contributed by atoms with Crippen LogP contribution in [0.25, 0.3) is 6.08 Å². The molecule has 6 heteroatoms. The summed E-state index contributed by atoms with van der Waals surface area (Å²) in [4.78, 5) is 41.3. The van der Waals surface area contributed by atoms with Crippen LogP contribution < -0.4 is 0 Å². The highest BCUT2D eigenvalue weighted by molar-refractivity contribution is 7.10. The van der Waals surface area contributed by atoms with Crippen molar-refractivity contribution in [2.45, 2.75) is 18.9 Å². The summed E-state index contributed by atoms with van der Waals surface area (Å²) in [6.07, 6.45) is 8.64. The summed E-state index contributed by atoms with van der Waals surface area (Å²) in [5.74, 6) is -0.559. The Morgan fingerprint density at radius 1 is 1.12 bits per heavy atom. The van der Waals surface area contributed by atoms with Gasteiger partial charge in [-0.1, -0.05) is 18.2 Å². The molecule has 4 rings (SSSR count). The van der Waals surface area contributed by atoms with Gasteiger partial charge in [-0.05, 0) is 30.4 Å². The van der Waals surface area contributed by atoms with Gasteiger partial charge in [0.1, 0.15) is 0 Å². The van der Waals surface area contributed by atoms with Gasteiger partial charge in [-0.2, -0.15) is 0 Å². The first-order valence-corrected chi connectivity index (χ1v) is 9.05.